The van der Waals surface area contributed by atoms with Gasteiger partial charge in [-0.1, -0.05) is 36.4 Å². The van der Waals surface area contributed by atoms with E-state index < -0.39 is 0 Å². The smallest absolute Gasteiger partial charge is 0.104 e. The zero-order chi connectivity index (χ0) is 11.6. The molecule has 0 fully saturated rings. The predicted molar refractivity (Wildman–Crippen MR) is 70.3 cm³/mol. The van der Waals surface area contributed by atoms with Gasteiger partial charge in [0.25, 0.3) is 0 Å². The first-order chi connectivity index (χ1) is 7.61. The average molecular weight is 214 g/mol. The zero-order valence-electron chi connectivity index (χ0n) is 10.4. The van der Waals surface area contributed by atoms with E-state index in [0.717, 1.165) is 17.6 Å². The molecule has 0 radical (unpaired) electrons. The van der Waals surface area contributed by atoms with Crippen LogP contribution < -0.4 is 0 Å². The van der Waals surface area contributed by atoms with Crippen LogP contribution >= 0.6 is 0 Å². The first-order valence-electron chi connectivity index (χ1n) is 5.90. The minimum atomic E-state index is 1.04. The molecule has 0 spiro atoms. The van der Waals surface area contributed by atoms with Crippen LogP contribution in [0.4, 0.5) is 0 Å². The molecule has 0 heterocycles. The van der Waals surface area contributed by atoms with Crippen LogP contribution in [0.5, 0.6) is 0 Å². The number of hydrogen-bond donors (Lipinski definition) is 0. The third-order valence-corrected chi connectivity index (χ3v) is 3.28. The van der Waals surface area contributed by atoms with Crippen LogP contribution in [0, 0.1) is 0 Å². The van der Waals surface area contributed by atoms with E-state index >= 15 is 0 Å². The standard InChI is InChI=1S/C15H20N/c1-4-16(2,3)12-13-9-10-14-7-5-6-8-15(14)11-13/h5-11H,4,12H2,1-3H3/q+1. The molecule has 0 aliphatic heterocycles. The zero-order valence-corrected chi connectivity index (χ0v) is 10.4. The Hall–Kier alpha value is -1.34. The topological polar surface area (TPSA) is 0 Å². The van der Waals surface area contributed by atoms with Gasteiger partial charge in [-0.25, -0.2) is 0 Å². The number of fused-ring (bicyclic) bond motifs is 1. The van der Waals surface area contributed by atoms with Crippen molar-refractivity contribution in [2.45, 2.75) is 13.5 Å². The van der Waals surface area contributed by atoms with Crippen molar-refractivity contribution < 1.29 is 4.48 Å². The summed E-state index contributed by atoms with van der Waals surface area (Å²) in [6, 6.07) is 15.3. The summed E-state index contributed by atoms with van der Waals surface area (Å²) in [6.45, 7) is 4.50. The third kappa shape index (κ3) is 2.42. The number of nitrogens with zero attached hydrogens (tertiary/aromatic N) is 1. The molecule has 0 aliphatic rings. The van der Waals surface area contributed by atoms with E-state index in [1.165, 1.54) is 16.3 Å². The molecule has 16 heavy (non-hydrogen) atoms. The van der Waals surface area contributed by atoms with Crippen LogP contribution in [-0.4, -0.2) is 25.1 Å². The van der Waals surface area contributed by atoms with E-state index in [2.05, 4.69) is 63.5 Å². The van der Waals surface area contributed by atoms with Gasteiger partial charge in [0.1, 0.15) is 6.54 Å². The Morgan fingerprint density at radius 2 is 1.62 bits per heavy atom. The molecule has 1 heteroatoms. The van der Waals surface area contributed by atoms with Crippen molar-refractivity contribution in [3.8, 4) is 0 Å². The van der Waals surface area contributed by atoms with Crippen LogP contribution in [0.15, 0.2) is 42.5 Å². The van der Waals surface area contributed by atoms with Crippen LogP contribution in [0.2, 0.25) is 0 Å². The first-order valence-corrected chi connectivity index (χ1v) is 5.90. The lowest BCUT2D eigenvalue weighted by atomic mass is 10.1. The van der Waals surface area contributed by atoms with Crippen molar-refractivity contribution >= 4 is 10.8 Å². The summed E-state index contributed by atoms with van der Waals surface area (Å²) < 4.78 is 1.04. The second kappa shape index (κ2) is 4.26. The molecular formula is C15H20N+. The van der Waals surface area contributed by atoms with Crippen LogP contribution in [0.25, 0.3) is 10.8 Å². The van der Waals surface area contributed by atoms with E-state index in [9.17, 15) is 0 Å². The van der Waals surface area contributed by atoms with Gasteiger partial charge in [0.2, 0.25) is 0 Å². The van der Waals surface area contributed by atoms with Crippen LogP contribution in [0.1, 0.15) is 12.5 Å². The molecule has 1 nitrogen and oxygen atoms in total. The minimum Gasteiger partial charge on any atom is -0.325 e. The van der Waals surface area contributed by atoms with Crippen LogP contribution in [0.3, 0.4) is 0 Å². The Bertz CT molecular complexity index is 486. The lowest BCUT2D eigenvalue weighted by molar-refractivity contribution is -0.901. The summed E-state index contributed by atoms with van der Waals surface area (Å²) in [5, 5.41) is 2.67. The minimum absolute atomic E-state index is 1.04. The second-order valence-electron chi connectivity index (χ2n) is 5.09. The molecule has 0 N–H and O–H groups in total. The van der Waals surface area contributed by atoms with Crippen molar-refractivity contribution in [3.05, 3.63) is 48.0 Å². The van der Waals surface area contributed by atoms with Gasteiger partial charge in [-0.2, -0.15) is 0 Å². The summed E-state index contributed by atoms with van der Waals surface area (Å²) in [7, 11) is 4.55. The quantitative estimate of drug-likeness (QED) is 0.687. The molecule has 0 aliphatic carbocycles. The molecule has 0 amide bonds. The number of benzene rings is 2. The second-order valence-corrected chi connectivity index (χ2v) is 5.09. The molecule has 0 saturated heterocycles. The summed E-state index contributed by atoms with van der Waals surface area (Å²) in [4.78, 5) is 0. The number of hydrogen-bond acceptors (Lipinski definition) is 0. The van der Waals surface area contributed by atoms with Gasteiger partial charge in [-0.3, -0.25) is 0 Å². The Balaban J connectivity index is 2.33. The molecular weight excluding hydrogens is 194 g/mol. The molecule has 2 aromatic rings. The number of rotatable bonds is 3. The molecule has 0 unspecified atom stereocenters. The molecule has 0 atom stereocenters. The van der Waals surface area contributed by atoms with Gasteiger partial charge in [-0.05, 0) is 23.8 Å². The summed E-state index contributed by atoms with van der Waals surface area (Å²) in [5.74, 6) is 0. The maximum atomic E-state index is 2.31. The van der Waals surface area contributed by atoms with Crippen molar-refractivity contribution in [1.29, 1.82) is 0 Å². The van der Waals surface area contributed by atoms with Gasteiger partial charge in [-0.15, -0.1) is 0 Å². The van der Waals surface area contributed by atoms with Gasteiger partial charge in [0, 0.05) is 5.56 Å². The predicted octanol–water partition coefficient (Wildman–Crippen LogP) is 3.44. The lowest BCUT2D eigenvalue weighted by Gasteiger charge is -2.28. The van der Waals surface area contributed by atoms with Crippen molar-refractivity contribution in [2.24, 2.45) is 0 Å². The van der Waals surface area contributed by atoms with Gasteiger partial charge >= 0.3 is 0 Å². The SMILES string of the molecule is CC[N+](C)(C)Cc1ccc2ccccc2c1. The normalized spacial score (nSPS) is 11.9. The molecule has 84 valence electrons. The maximum Gasteiger partial charge on any atom is 0.104 e. The van der Waals surface area contributed by atoms with Gasteiger partial charge in [0.05, 0.1) is 20.6 Å². The average Bonchev–Trinajstić information content (AvgIpc) is 2.28. The van der Waals surface area contributed by atoms with E-state index in [0.29, 0.717) is 0 Å². The molecule has 0 saturated carbocycles. The molecule has 2 rings (SSSR count). The Morgan fingerprint density at radius 1 is 0.938 bits per heavy atom. The Morgan fingerprint density at radius 3 is 2.31 bits per heavy atom. The molecule has 0 aromatic heterocycles. The van der Waals surface area contributed by atoms with E-state index in [4.69, 9.17) is 0 Å². The number of quaternary nitrogens is 1. The fourth-order valence-electron chi connectivity index (χ4n) is 1.94. The van der Waals surface area contributed by atoms with Crippen molar-refractivity contribution in [3.63, 3.8) is 0 Å². The largest absolute Gasteiger partial charge is 0.325 e. The van der Waals surface area contributed by atoms with Crippen molar-refractivity contribution in [1.82, 2.24) is 0 Å². The fraction of sp³-hybridized carbons (Fsp3) is 0.333. The highest BCUT2D eigenvalue weighted by Crippen LogP contribution is 2.17. The summed E-state index contributed by atoms with van der Waals surface area (Å²) in [5.41, 5.74) is 1.42. The monoisotopic (exact) mass is 214 g/mol. The summed E-state index contributed by atoms with van der Waals surface area (Å²) in [6.07, 6.45) is 0. The van der Waals surface area contributed by atoms with E-state index in [1.54, 1.807) is 0 Å². The highest BCUT2D eigenvalue weighted by Gasteiger charge is 2.12. The highest BCUT2D eigenvalue weighted by molar-refractivity contribution is 5.82. The van der Waals surface area contributed by atoms with E-state index in [1.807, 2.05) is 0 Å². The van der Waals surface area contributed by atoms with Gasteiger partial charge < -0.3 is 4.48 Å². The highest BCUT2D eigenvalue weighted by atomic mass is 15.3. The third-order valence-electron chi connectivity index (χ3n) is 3.28. The van der Waals surface area contributed by atoms with Crippen LogP contribution in [-0.2, 0) is 6.54 Å². The maximum absolute atomic E-state index is 2.31. The van der Waals surface area contributed by atoms with Gasteiger partial charge in [0.15, 0.2) is 0 Å². The Labute approximate surface area is 97.9 Å². The Kier molecular flexibility index (Phi) is 2.97. The van der Waals surface area contributed by atoms with Crippen molar-refractivity contribution in [2.75, 3.05) is 20.6 Å². The first kappa shape index (κ1) is 11.2. The van der Waals surface area contributed by atoms with E-state index in [-0.39, 0.29) is 0 Å². The molecule has 0 bridgehead atoms. The molecule has 2 aromatic carbocycles. The lowest BCUT2D eigenvalue weighted by Crippen LogP contribution is -2.38. The summed E-state index contributed by atoms with van der Waals surface area (Å²) >= 11 is 0. The fourth-order valence-corrected chi connectivity index (χ4v) is 1.94.